The lowest BCUT2D eigenvalue weighted by Crippen LogP contribution is -2.19. The molecule has 3 heterocycles. The molecular weight excluding hydrogens is 230 g/mol. The first kappa shape index (κ1) is 9.36. The smallest absolute Gasteiger partial charge is 0.225 e. The van der Waals surface area contributed by atoms with Crippen molar-refractivity contribution in [1.29, 1.82) is 0 Å². The third kappa shape index (κ3) is 1.58. The van der Waals surface area contributed by atoms with Crippen molar-refractivity contribution in [3.8, 4) is 0 Å². The summed E-state index contributed by atoms with van der Waals surface area (Å²) in [6, 6.07) is 2.07. The number of aromatic nitrogens is 2. The van der Waals surface area contributed by atoms with Crippen LogP contribution in [0.15, 0.2) is 11.4 Å². The Kier molecular flexibility index (Phi) is 2.25. The molecule has 1 aliphatic rings. The number of hydrogen-bond donors (Lipinski definition) is 0. The highest BCUT2D eigenvalue weighted by Gasteiger charge is 2.17. The number of halogens is 1. The third-order valence-electron chi connectivity index (χ3n) is 2.68. The highest BCUT2D eigenvalue weighted by molar-refractivity contribution is 7.16. The Morgan fingerprint density at radius 2 is 2.07 bits per heavy atom. The Hall–Kier alpha value is -0.870. The summed E-state index contributed by atoms with van der Waals surface area (Å²) < 4.78 is 0. The summed E-state index contributed by atoms with van der Waals surface area (Å²) in [5.74, 6) is 1.00. The second-order valence-electron chi connectivity index (χ2n) is 3.65. The largest absolute Gasteiger partial charge is 0.356 e. The van der Waals surface area contributed by atoms with Crippen molar-refractivity contribution in [3.63, 3.8) is 0 Å². The van der Waals surface area contributed by atoms with Crippen LogP contribution in [-0.4, -0.2) is 23.1 Å². The SMILES string of the molecule is Clc1nc(N2CCCC2)c2ccsc2n1. The van der Waals surface area contributed by atoms with Gasteiger partial charge < -0.3 is 4.90 Å². The zero-order valence-corrected chi connectivity index (χ0v) is 9.68. The molecule has 0 unspecified atom stereocenters. The van der Waals surface area contributed by atoms with Crippen molar-refractivity contribution in [1.82, 2.24) is 9.97 Å². The van der Waals surface area contributed by atoms with E-state index in [2.05, 4.69) is 20.9 Å². The van der Waals surface area contributed by atoms with Crippen LogP contribution in [-0.2, 0) is 0 Å². The lowest BCUT2D eigenvalue weighted by molar-refractivity contribution is 0.940. The summed E-state index contributed by atoms with van der Waals surface area (Å²) in [7, 11) is 0. The Bertz CT molecular complexity index is 490. The second-order valence-corrected chi connectivity index (χ2v) is 4.88. The van der Waals surface area contributed by atoms with Crippen LogP contribution >= 0.6 is 22.9 Å². The van der Waals surface area contributed by atoms with Crippen LogP contribution in [0.3, 0.4) is 0 Å². The molecular formula is C10H10ClN3S. The van der Waals surface area contributed by atoms with Crippen molar-refractivity contribution in [2.24, 2.45) is 0 Å². The van der Waals surface area contributed by atoms with Crippen LogP contribution < -0.4 is 4.90 Å². The minimum atomic E-state index is 0.354. The first-order valence-electron chi connectivity index (χ1n) is 5.00. The van der Waals surface area contributed by atoms with Gasteiger partial charge in [-0.05, 0) is 35.9 Å². The maximum absolute atomic E-state index is 5.92. The number of hydrogen-bond acceptors (Lipinski definition) is 4. The second kappa shape index (κ2) is 3.61. The molecule has 15 heavy (non-hydrogen) atoms. The van der Waals surface area contributed by atoms with Crippen LogP contribution in [0, 0.1) is 0 Å². The minimum absolute atomic E-state index is 0.354. The van der Waals surface area contributed by atoms with Crippen LogP contribution in [0.1, 0.15) is 12.8 Å². The Morgan fingerprint density at radius 1 is 1.27 bits per heavy atom. The van der Waals surface area contributed by atoms with E-state index in [-0.39, 0.29) is 0 Å². The van der Waals surface area contributed by atoms with Gasteiger partial charge in [-0.2, -0.15) is 4.98 Å². The monoisotopic (exact) mass is 239 g/mol. The topological polar surface area (TPSA) is 29.0 Å². The molecule has 1 fully saturated rings. The molecule has 0 bridgehead atoms. The molecule has 3 rings (SSSR count). The van der Waals surface area contributed by atoms with E-state index < -0.39 is 0 Å². The van der Waals surface area contributed by atoms with Crippen molar-refractivity contribution < 1.29 is 0 Å². The number of fused-ring (bicyclic) bond motifs is 1. The summed E-state index contributed by atoms with van der Waals surface area (Å²) >= 11 is 7.53. The molecule has 0 aliphatic carbocycles. The molecule has 5 heteroatoms. The number of thiophene rings is 1. The fourth-order valence-corrected chi connectivity index (χ4v) is 2.96. The number of anilines is 1. The van der Waals surface area contributed by atoms with Gasteiger partial charge in [-0.25, -0.2) is 4.98 Å². The van der Waals surface area contributed by atoms with E-state index in [1.807, 2.05) is 5.38 Å². The molecule has 0 N–H and O–H groups in total. The lowest BCUT2D eigenvalue weighted by atomic mass is 10.3. The predicted molar refractivity (Wildman–Crippen MR) is 63.9 cm³/mol. The average molecular weight is 240 g/mol. The summed E-state index contributed by atoms with van der Waals surface area (Å²) in [6.45, 7) is 2.16. The lowest BCUT2D eigenvalue weighted by Gasteiger charge is -2.16. The summed E-state index contributed by atoms with van der Waals surface area (Å²) in [6.07, 6.45) is 2.49. The van der Waals surface area contributed by atoms with E-state index in [1.165, 1.54) is 12.8 Å². The molecule has 1 aliphatic heterocycles. The first-order valence-corrected chi connectivity index (χ1v) is 6.26. The first-order chi connectivity index (χ1) is 7.34. The molecule has 0 saturated carbocycles. The molecule has 0 radical (unpaired) electrons. The van der Waals surface area contributed by atoms with Gasteiger partial charge in [0, 0.05) is 13.1 Å². The molecule has 0 atom stereocenters. The van der Waals surface area contributed by atoms with Gasteiger partial charge in [-0.3, -0.25) is 0 Å². The maximum Gasteiger partial charge on any atom is 0.225 e. The van der Waals surface area contributed by atoms with Crippen molar-refractivity contribution in [2.45, 2.75) is 12.8 Å². The maximum atomic E-state index is 5.92. The van der Waals surface area contributed by atoms with E-state index in [4.69, 9.17) is 11.6 Å². The summed E-state index contributed by atoms with van der Waals surface area (Å²) in [4.78, 5) is 11.8. The van der Waals surface area contributed by atoms with Gasteiger partial charge in [0.2, 0.25) is 5.28 Å². The van der Waals surface area contributed by atoms with Gasteiger partial charge in [-0.1, -0.05) is 0 Å². The van der Waals surface area contributed by atoms with Gasteiger partial charge in [0.15, 0.2) is 0 Å². The van der Waals surface area contributed by atoms with Crippen LogP contribution in [0.4, 0.5) is 5.82 Å². The normalized spacial score (nSPS) is 16.5. The van der Waals surface area contributed by atoms with Crippen molar-refractivity contribution >= 4 is 39.0 Å². The fraction of sp³-hybridized carbons (Fsp3) is 0.400. The zero-order valence-electron chi connectivity index (χ0n) is 8.11. The highest BCUT2D eigenvalue weighted by Crippen LogP contribution is 2.30. The van der Waals surface area contributed by atoms with Crippen LogP contribution in [0.5, 0.6) is 0 Å². The van der Waals surface area contributed by atoms with Gasteiger partial charge in [0.05, 0.1) is 5.39 Å². The predicted octanol–water partition coefficient (Wildman–Crippen LogP) is 2.94. The molecule has 3 nitrogen and oxygen atoms in total. The van der Waals surface area contributed by atoms with E-state index in [9.17, 15) is 0 Å². The van der Waals surface area contributed by atoms with Gasteiger partial charge >= 0.3 is 0 Å². The number of rotatable bonds is 1. The zero-order chi connectivity index (χ0) is 10.3. The molecule has 1 saturated heterocycles. The average Bonchev–Trinajstić information content (AvgIpc) is 2.86. The van der Waals surface area contributed by atoms with Crippen molar-refractivity contribution in [2.75, 3.05) is 18.0 Å². The molecule has 78 valence electrons. The van der Waals surface area contributed by atoms with Crippen molar-refractivity contribution in [3.05, 3.63) is 16.7 Å². The fourth-order valence-electron chi connectivity index (χ4n) is 1.98. The Labute approximate surface area is 96.7 Å². The van der Waals surface area contributed by atoms with Crippen LogP contribution in [0.25, 0.3) is 10.2 Å². The minimum Gasteiger partial charge on any atom is -0.356 e. The van der Waals surface area contributed by atoms with E-state index >= 15 is 0 Å². The highest BCUT2D eigenvalue weighted by atomic mass is 35.5. The number of nitrogens with zero attached hydrogens (tertiary/aromatic N) is 3. The quantitative estimate of drug-likeness (QED) is 0.717. The van der Waals surface area contributed by atoms with E-state index in [0.717, 1.165) is 29.1 Å². The molecule has 0 aromatic carbocycles. The molecule has 0 amide bonds. The molecule has 0 spiro atoms. The standard InChI is InChI=1S/C10H10ClN3S/c11-10-12-8(14-4-1-2-5-14)7-3-6-15-9(7)13-10/h3,6H,1-2,4-5H2. The van der Waals surface area contributed by atoms with Gasteiger partial charge in [-0.15, -0.1) is 11.3 Å². The van der Waals surface area contributed by atoms with Gasteiger partial charge in [0.1, 0.15) is 10.6 Å². The molecule has 2 aromatic heterocycles. The van der Waals surface area contributed by atoms with E-state index in [1.54, 1.807) is 11.3 Å². The Morgan fingerprint density at radius 3 is 2.87 bits per heavy atom. The summed E-state index contributed by atoms with van der Waals surface area (Å²) in [5, 5.41) is 3.52. The third-order valence-corrected chi connectivity index (χ3v) is 3.66. The van der Waals surface area contributed by atoms with Gasteiger partial charge in [0.25, 0.3) is 0 Å². The van der Waals surface area contributed by atoms with E-state index in [0.29, 0.717) is 5.28 Å². The summed E-state index contributed by atoms with van der Waals surface area (Å²) in [5.41, 5.74) is 0. The van der Waals surface area contributed by atoms with Crippen LogP contribution in [0.2, 0.25) is 5.28 Å². The molecule has 2 aromatic rings. The Balaban J connectivity index is 2.18.